The molecule has 3 heterocycles. The van der Waals surface area contributed by atoms with E-state index in [0.717, 1.165) is 38.9 Å². The lowest BCUT2D eigenvalue weighted by Gasteiger charge is -2.37. The molecule has 2 aliphatic heterocycles. The normalized spacial score (nSPS) is 17.7. The van der Waals surface area contributed by atoms with E-state index in [9.17, 15) is 14.3 Å². The first kappa shape index (κ1) is 23.1. The Kier molecular flexibility index (Phi) is 6.06. The first-order valence-corrected chi connectivity index (χ1v) is 11.7. The van der Waals surface area contributed by atoms with E-state index < -0.39 is 23.3 Å². The molecule has 0 saturated carbocycles. The van der Waals surface area contributed by atoms with E-state index in [1.54, 1.807) is 17.0 Å². The third kappa shape index (κ3) is 4.29. The van der Waals surface area contributed by atoms with Crippen molar-refractivity contribution in [2.45, 2.75) is 31.8 Å². The molecule has 184 valence electrons. The zero-order valence-corrected chi connectivity index (χ0v) is 19.8. The zero-order chi connectivity index (χ0) is 24.6. The van der Waals surface area contributed by atoms with Crippen LogP contribution < -0.4 is 15.0 Å². The molecule has 0 aliphatic carbocycles. The first-order chi connectivity index (χ1) is 16.9. The lowest BCUT2D eigenvalue weighted by molar-refractivity contribution is 0.00104. The third-order valence-electron chi connectivity index (χ3n) is 6.74. The number of anilines is 3. The molecule has 0 atom stereocenters. The number of benzene rings is 2. The Morgan fingerprint density at radius 1 is 1.26 bits per heavy atom. The van der Waals surface area contributed by atoms with Gasteiger partial charge in [0.25, 0.3) is 0 Å². The molecule has 2 saturated heterocycles. The van der Waals surface area contributed by atoms with Gasteiger partial charge in [-0.2, -0.15) is 0 Å². The van der Waals surface area contributed by atoms with Crippen LogP contribution in [0.4, 0.5) is 26.4 Å². The Hall–Kier alpha value is -3.66. The maximum Gasteiger partial charge on any atom is 0.415 e. The highest BCUT2D eigenvalue weighted by molar-refractivity contribution is 6.00. The summed E-state index contributed by atoms with van der Waals surface area (Å²) in [6.07, 6.45) is 3.58. The van der Waals surface area contributed by atoms with Gasteiger partial charge in [0.1, 0.15) is 23.5 Å². The van der Waals surface area contributed by atoms with Gasteiger partial charge in [-0.3, -0.25) is 4.90 Å². The number of ether oxygens (including phenoxy) is 2. The van der Waals surface area contributed by atoms with Crippen LogP contribution in [0.5, 0.6) is 11.5 Å². The molecule has 35 heavy (non-hydrogen) atoms. The molecule has 5 rings (SSSR count). The van der Waals surface area contributed by atoms with Crippen LogP contribution in [-0.2, 0) is 4.74 Å². The van der Waals surface area contributed by atoms with Gasteiger partial charge in [0.05, 0.1) is 30.5 Å². The molecule has 2 fully saturated rings. The van der Waals surface area contributed by atoms with Crippen LogP contribution in [0.15, 0.2) is 36.7 Å². The van der Waals surface area contributed by atoms with Crippen LogP contribution in [0.25, 0.3) is 10.9 Å². The highest BCUT2D eigenvalue weighted by atomic mass is 19.1. The number of carbonyl (C=O) groups is 1. The Morgan fingerprint density at radius 2 is 2.06 bits per heavy atom. The smallest absolute Gasteiger partial charge is 0.415 e. The second kappa shape index (κ2) is 9.18. The van der Waals surface area contributed by atoms with Crippen molar-refractivity contribution in [3.63, 3.8) is 0 Å². The third-order valence-corrected chi connectivity index (χ3v) is 6.74. The van der Waals surface area contributed by atoms with Crippen molar-refractivity contribution in [1.29, 1.82) is 0 Å². The van der Waals surface area contributed by atoms with E-state index in [-0.39, 0.29) is 5.69 Å². The van der Waals surface area contributed by atoms with Crippen LogP contribution in [0, 0.1) is 5.82 Å². The molecule has 2 aromatic carbocycles. The summed E-state index contributed by atoms with van der Waals surface area (Å²) in [4.78, 5) is 25.6. The average Bonchev–Trinajstić information content (AvgIpc) is 3.18. The summed E-state index contributed by atoms with van der Waals surface area (Å²) in [5.41, 5.74) is 0.631. The largest absolute Gasteiger partial charge is 0.505 e. The Balaban J connectivity index is 1.49. The van der Waals surface area contributed by atoms with Crippen LogP contribution in [-0.4, -0.2) is 65.0 Å². The summed E-state index contributed by atoms with van der Waals surface area (Å²) in [5, 5.41) is 13.2. The van der Waals surface area contributed by atoms with E-state index in [4.69, 9.17) is 9.47 Å². The maximum absolute atomic E-state index is 14.4. The molecule has 10 heteroatoms. The number of hydrogen-bond acceptors (Lipinski definition) is 8. The van der Waals surface area contributed by atoms with Gasteiger partial charge in [0.15, 0.2) is 11.6 Å². The molecular weight excluding hydrogens is 453 g/mol. The van der Waals surface area contributed by atoms with Crippen LogP contribution in [0.1, 0.15) is 26.2 Å². The molecule has 0 unspecified atom stereocenters. The molecule has 2 aliphatic rings. The summed E-state index contributed by atoms with van der Waals surface area (Å²) in [6, 6.07) is 7.77. The van der Waals surface area contributed by atoms with Gasteiger partial charge in [0, 0.05) is 37.4 Å². The van der Waals surface area contributed by atoms with Crippen molar-refractivity contribution in [2.24, 2.45) is 0 Å². The number of amides is 1. The number of phenolic OH excluding ortho intramolecular Hbond substituents is 1. The fourth-order valence-corrected chi connectivity index (χ4v) is 4.86. The number of likely N-dealkylation sites (tertiary alicyclic amines) is 1. The van der Waals surface area contributed by atoms with Crippen molar-refractivity contribution in [2.75, 3.05) is 43.5 Å². The van der Waals surface area contributed by atoms with Gasteiger partial charge in [-0.05, 0) is 31.2 Å². The predicted molar refractivity (Wildman–Crippen MR) is 130 cm³/mol. The lowest BCUT2D eigenvalue weighted by Crippen LogP contribution is -2.47. The summed E-state index contributed by atoms with van der Waals surface area (Å²) in [5.74, 6) is -0.444. The molecule has 9 nitrogen and oxygen atoms in total. The number of piperidine rings is 1. The Labute approximate surface area is 202 Å². The van der Waals surface area contributed by atoms with Gasteiger partial charge >= 0.3 is 6.09 Å². The minimum atomic E-state index is -0.785. The number of aromatic nitrogens is 2. The fraction of sp³-hybridized carbons (Fsp3) is 0.400. The summed E-state index contributed by atoms with van der Waals surface area (Å²) >= 11 is 0. The van der Waals surface area contributed by atoms with Crippen molar-refractivity contribution >= 4 is 34.2 Å². The molecule has 1 aromatic heterocycles. The molecule has 3 aromatic rings. The number of halogens is 1. The zero-order valence-electron chi connectivity index (χ0n) is 19.8. The summed E-state index contributed by atoms with van der Waals surface area (Å²) < 4.78 is 25.9. The summed E-state index contributed by atoms with van der Waals surface area (Å²) in [7, 11) is 1.54. The van der Waals surface area contributed by atoms with Crippen molar-refractivity contribution < 1.29 is 23.8 Å². The minimum absolute atomic E-state index is 0.0701. The van der Waals surface area contributed by atoms with Crippen LogP contribution >= 0.6 is 0 Å². The molecule has 0 bridgehead atoms. The fourth-order valence-electron chi connectivity index (χ4n) is 4.86. The number of phenols is 1. The van der Waals surface area contributed by atoms with Crippen molar-refractivity contribution in [3.8, 4) is 11.5 Å². The minimum Gasteiger partial charge on any atom is -0.505 e. The highest BCUT2D eigenvalue weighted by Gasteiger charge is 2.48. The topological polar surface area (TPSA) is 100 Å². The molecule has 1 spiro atoms. The number of nitrogens with one attached hydrogen (secondary N) is 1. The number of nitrogens with zero attached hydrogens (tertiary/aromatic N) is 4. The Morgan fingerprint density at radius 3 is 2.80 bits per heavy atom. The Bertz CT molecular complexity index is 1260. The number of hydrogen-bond donors (Lipinski definition) is 2. The quantitative estimate of drug-likeness (QED) is 0.534. The number of carbonyl (C=O) groups excluding carboxylic acids is 1. The second-order valence-electron chi connectivity index (χ2n) is 9.01. The highest BCUT2D eigenvalue weighted by Crippen LogP contribution is 2.41. The SMILES string of the molecule is CCCN1CCC2(CC1)CN(c1cc3c(Nc4cccc(O)c4F)ncnc3cc1OC)C(=O)O2. The standard InChI is InChI=1S/C25H28FN5O4/c1-3-9-30-10-7-25(8-11-30)14-31(24(33)35-25)19-12-16-18(13-21(19)34-2)27-15-28-23(16)29-17-5-4-6-20(32)22(17)26/h4-6,12-13,15,32H,3,7-11,14H2,1-2H3,(H,27,28,29). The number of aromatic hydroxyl groups is 1. The van der Waals surface area contributed by atoms with E-state index in [2.05, 4.69) is 27.1 Å². The van der Waals surface area contributed by atoms with Gasteiger partial charge < -0.3 is 24.8 Å². The second-order valence-corrected chi connectivity index (χ2v) is 9.01. The predicted octanol–water partition coefficient (Wildman–Crippen LogP) is 4.43. The monoisotopic (exact) mass is 481 g/mol. The van der Waals surface area contributed by atoms with Gasteiger partial charge in [-0.25, -0.2) is 19.2 Å². The van der Waals surface area contributed by atoms with Gasteiger partial charge in [-0.1, -0.05) is 13.0 Å². The van der Waals surface area contributed by atoms with Crippen molar-refractivity contribution in [3.05, 3.63) is 42.5 Å². The van der Waals surface area contributed by atoms with E-state index >= 15 is 0 Å². The molecular formula is C25H28FN5O4. The van der Waals surface area contributed by atoms with Crippen LogP contribution in [0.3, 0.4) is 0 Å². The number of methoxy groups -OCH3 is 1. The lowest BCUT2D eigenvalue weighted by atomic mass is 9.91. The maximum atomic E-state index is 14.4. The molecule has 1 amide bonds. The van der Waals surface area contributed by atoms with Crippen molar-refractivity contribution in [1.82, 2.24) is 14.9 Å². The van der Waals surface area contributed by atoms with E-state index in [1.165, 1.54) is 31.6 Å². The van der Waals surface area contributed by atoms with Gasteiger partial charge in [0.2, 0.25) is 0 Å². The van der Waals surface area contributed by atoms with E-state index in [1.807, 2.05) is 0 Å². The molecule has 2 N–H and O–H groups in total. The van der Waals surface area contributed by atoms with E-state index in [0.29, 0.717) is 34.7 Å². The van der Waals surface area contributed by atoms with Gasteiger partial charge in [-0.15, -0.1) is 0 Å². The summed E-state index contributed by atoms with van der Waals surface area (Å²) in [6.45, 7) is 5.41. The number of rotatable bonds is 6. The first-order valence-electron chi connectivity index (χ1n) is 11.7. The average molecular weight is 482 g/mol. The molecule has 0 radical (unpaired) electrons. The van der Waals surface area contributed by atoms with Crippen LogP contribution in [0.2, 0.25) is 0 Å². The number of fused-ring (bicyclic) bond motifs is 1.